The van der Waals surface area contributed by atoms with E-state index in [4.69, 9.17) is 13.0 Å². The molecule has 0 aliphatic rings. The summed E-state index contributed by atoms with van der Waals surface area (Å²) in [6, 6.07) is 4.03. The van der Waals surface area contributed by atoms with Gasteiger partial charge in [0.2, 0.25) is 0 Å². The van der Waals surface area contributed by atoms with Crippen LogP contribution in [0.3, 0.4) is 0 Å². The Balaban J connectivity index is 0.00000529. The molecule has 1 aromatic carbocycles. The van der Waals surface area contributed by atoms with Crippen molar-refractivity contribution in [2.75, 3.05) is 27.1 Å². The van der Waals surface area contributed by atoms with Crippen molar-refractivity contribution in [2.45, 2.75) is 12.6 Å². The van der Waals surface area contributed by atoms with Crippen molar-refractivity contribution < 1.29 is 26.1 Å². The normalized spacial score (nSPS) is 17.6. The highest BCUT2D eigenvalue weighted by Crippen LogP contribution is 2.30. The Bertz CT molecular complexity index is 489. The fourth-order valence-electron chi connectivity index (χ4n) is 1.15. The summed E-state index contributed by atoms with van der Waals surface area (Å²) in [5.74, 6) is 0.187. The fourth-order valence-corrected chi connectivity index (χ4v) is 1.15. The molecule has 0 atom stereocenters. The lowest BCUT2D eigenvalue weighted by atomic mass is 10.2. The summed E-state index contributed by atoms with van der Waals surface area (Å²) in [6.45, 7) is -5.80. The van der Waals surface area contributed by atoms with Crippen LogP contribution in [-0.2, 0) is 6.18 Å². The first-order chi connectivity index (χ1) is 10.3. The quantitative estimate of drug-likeness (QED) is 0.770. The Labute approximate surface area is 120 Å². The van der Waals surface area contributed by atoms with E-state index >= 15 is 0 Å². The van der Waals surface area contributed by atoms with Gasteiger partial charge in [-0.2, -0.15) is 13.2 Å². The Morgan fingerprint density at radius 3 is 2.33 bits per heavy atom. The molecule has 6 heteroatoms. The van der Waals surface area contributed by atoms with Crippen molar-refractivity contribution in [3.63, 3.8) is 0 Å². The molecule has 1 aromatic rings. The predicted octanol–water partition coefficient (Wildman–Crippen LogP) is 3.46. The zero-order valence-corrected chi connectivity index (χ0v) is 10.1. The maximum atomic E-state index is 12.4. The Morgan fingerprint density at radius 2 is 1.83 bits per heavy atom. The van der Waals surface area contributed by atoms with Crippen LogP contribution in [-0.4, -0.2) is 32.0 Å². The van der Waals surface area contributed by atoms with E-state index in [1.807, 2.05) is 0 Å². The van der Waals surface area contributed by atoms with Gasteiger partial charge in [0.25, 0.3) is 0 Å². The first-order valence-electron chi connectivity index (χ1n) is 7.89. The van der Waals surface area contributed by atoms with Crippen molar-refractivity contribution >= 4 is 12.4 Å². The van der Waals surface area contributed by atoms with Crippen molar-refractivity contribution in [2.24, 2.45) is 0 Å². The second-order valence-corrected chi connectivity index (χ2v) is 3.38. The van der Waals surface area contributed by atoms with Crippen LogP contribution in [0.1, 0.15) is 20.2 Å². The highest BCUT2D eigenvalue weighted by molar-refractivity contribution is 5.85. The first kappa shape index (κ1) is 9.04. The van der Waals surface area contributed by atoms with E-state index in [1.165, 1.54) is 0 Å². The van der Waals surface area contributed by atoms with E-state index in [2.05, 4.69) is 0 Å². The lowest BCUT2D eigenvalue weighted by molar-refractivity contribution is -0.137. The van der Waals surface area contributed by atoms with Gasteiger partial charge in [-0.15, -0.1) is 12.4 Å². The number of hydrogen-bond donors (Lipinski definition) is 0. The van der Waals surface area contributed by atoms with E-state index in [-0.39, 0.29) is 37.7 Å². The van der Waals surface area contributed by atoms with E-state index < -0.39 is 25.7 Å². The van der Waals surface area contributed by atoms with Crippen LogP contribution in [0.15, 0.2) is 24.3 Å². The van der Waals surface area contributed by atoms with E-state index in [1.54, 1.807) is 0 Å². The fraction of sp³-hybridized carbons (Fsp3) is 0.500. The van der Waals surface area contributed by atoms with Crippen LogP contribution < -0.4 is 4.74 Å². The molecule has 0 saturated heterocycles. The molecule has 0 bridgehead atoms. The van der Waals surface area contributed by atoms with Gasteiger partial charge in [0.05, 0.1) is 12.2 Å². The second-order valence-electron chi connectivity index (χ2n) is 3.38. The van der Waals surface area contributed by atoms with Gasteiger partial charge < -0.3 is 9.64 Å². The highest BCUT2D eigenvalue weighted by atomic mass is 35.5. The second kappa shape index (κ2) is 7.48. The smallest absolute Gasteiger partial charge is 0.416 e. The molecule has 0 aliphatic heterocycles. The number of rotatable bonds is 5. The molecule has 0 aliphatic carbocycles. The summed E-state index contributed by atoms with van der Waals surface area (Å²) < 4.78 is 85.4. The molecule has 104 valence electrons. The lowest BCUT2D eigenvalue weighted by Gasteiger charge is -2.11. The third-order valence-corrected chi connectivity index (χ3v) is 1.98. The minimum atomic E-state index is -4.43. The maximum absolute atomic E-state index is 12.4. The third kappa shape index (κ3) is 6.12. The maximum Gasteiger partial charge on any atom is 0.416 e. The van der Waals surface area contributed by atoms with E-state index in [0.717, 1.165) is 24.3 Å². The zero-order valence-electron chi connectivity index (χ0n) is 15.3. The summed E-state index contributed by atoms with van der Waals surface area (Å²) in [5.41, 5.74) is -0.805. The summed E-state index contributed by atoms with van der Waals surface area (Å²) in [5, 5.41) is 0. The predicted molar refractivity (Wildman–Crippen MR) is 67.4 cm³/mol. The van der Waals surface area contributed by atoms with E-state index in [9.17, 15) is 13.2 Å². The van der Waals surface area contributed by atoms with Gasteiger partial charge in [-0.25, -0.2) is 0 Å². The number of hydrogen-bond acceptors (Lipinski definition) is 2. The van der Waals surface area contributed by atoms with Gasteiger partial charge in [0.1, 0.15) is 5.75 Å². The molecule has 0 saturated carbocycles. The molecular formula is C12H17ClF3NO. The van der Waals surface area contributed by atoms with Crippen molar-refractivity contribution in [1.29, 1.82) is 0 Å². The molecule has 2 nitrogen and oxygen atoms in total. The molecule has 0 heterocycles. The molecule has 0 radical (unpaired) electrons. The van der Waals surface area contributed by atoms with Crippen LogP contribution in [0.2, 0.25) is 0 Å². The molecule has 0 amide bonds. The summed E-state index contributed by atoms with van der Waals surface area (Å²) in [7, 11) is 0. The molecule has 0 spiro atoms. The van der Waals surface area contributed by atoms with Gasteiger partial charge in [-0.05, 0) is 44.6 Å². The molecule has 0 unspecified atom stereocenters. The number of nitrogens with zero attached hydrogens (tertiary/aromatic N) is 1. The van der Waals surface area contributed by atoms with Crippen LogP contribution in [0, 0.1) is 0 Å². The van der Waals surface area contributed by atoms with Gasteiger partial charge in [0.15, 0.2) is 0 Å². The van der Waals surface area contributed by atoms with Crippen molar-refractivity contribution in [3.8, 4) is 5.75 Å². The minimum absolute atomic E-state index is 0. The number of alkyl halides is 3. The summed E-state index contributed by atoms with van der Waals surface area (Å²) >= 11 is 0. The van der Waals surface area contributed by atoms with Crippen LogP contribution in [0.25, 0.3) is 0 Å². The Morgan fingerprint density at radius 1 is 1.22 bits per heavy atom. The third-order valence-electron chi connectivity index (χ3n) is 1.98. The van der Waals surface area contributed by atoms with Crippen LogP contribution in [0.5, 0.6) is 5.75 Å². The highest BCUT2D eigenvalue weighted by Gasteiger charge is 2.29. The van der Waals surface area contributed by atoms with Gasteiger partial charge in [0, 0.05) is 14.8 Å². The molecule has 0 aromatic heterocycles. The molecular weight excluding hydrogens is 267 g/mol. The molecule has 0 fully saturated rings. The average molecular weight is 290 g/mol. The van der Waals surface area contributed by atoms with Crippen LogP contribution in [0.4, 0.5) is 13.2 Å². The SMILES string of the molecule is Cl.[2H]C([2H])([2H])N(CCCOc1ccc(C(F)(F)F)cc1)C([2H])([2H])[2H]. The summed E-state index contributed by atoms with van der Waals surface area (Å²) in [6.07, 6.45) is -4.34. The molecule has 0 N–H and O–H groups in total. The zero-order chi connectivity index (χ0) is 17.9. The van der Waals surface area contributed by atoms with Crippen molar-refractivity contribution in [3.05, 3.63) is 29.8 Å². The van der Waals surface area contributed by atoms with Gasteiger partial charge in [-0.1, -0.05) is 0 Å². The monoisotopic (exact) mass is 289 g/mol. The summed E-state index contributed by atoms with van der Waals surface area (Å²) in [4.78, 5) is 0.399. The minimum Gasteiger partial charge on any atom is -0.494 e. The average Bonchev–Trinajstić information content (AvgIpc) is 2.34. The van der Waals surface area contributed by atoms with Gasteiger partial charge >= 0.3 is 6.18 Å². The molecule has 1 rings (SSSR count). The largest absolute Gasteiger partial charge is 0.494 e. The Kier molecular flexibility index (Phi) is 3.76. The lowest BCUT2D eigenvalue weighted by Crippen LogP contribution is -2.15. The Hall–Kier alpha value is -0.940. The van der Waals surface area contributed by atoms with Crippen LogP contribution >= 0.6 is 12.4 Å². The van der Waals surface area contributed by atoms with E-state index in [0.29, 0.717) is 4.90 Å². The number of benzene rings is 1. The van der Waals surface area contributed by atoms with Crippen molar-refractivity contribution in [1.82, 2.24) is 4.90 Å². The van der Waals surface area contributed by atoms with Gasteiger partial charge in [-0.3, -0.25) is 0 Å². The number of halogens is 4. The molecule has 18 heavy (non-hydrogen) atoms. The standard InChI is InChI=1S/C12H16F3NO.ClH/c1-16(2)8-3-9-17-11-6-4-10(5-7-11)12(13,14)15;/h4-7H,3,8-9H2,1-2H3;1H/i1D3,2D3;. The first-order valence-corrected chi connectivity index (χ1v) is 4.89. The topological polar surface area (TPSA) is 12.5 Å². The number of ether oxygens (including phenoxy) is 1.